The van der Waals surface area contributed by atoms with Crippen LogP contribution in [0.4, 0.5) is 5.69 Å². The molecule has 2 aromatic carbocycles. The lowest BCUT2D eigenvalue weighted by Gasteiger charge is -2.17. The van der Waals surface area contributed by atoms with Crippen molar-refractivity contribution in [1.29, 1.82) is 0 Å². The highest BCUT2D eigenvalue weighted by Gasteiger charge is 2.18. The largest absolute Gasteiger partial charge is 0.377 e. The van der Waals surface area contributed by atoms with Crippen molar-refractivity contribution in [3.8, 4) is 0 Å². The van der Waals surface area contributed by atoms with Gasteiger partial charge in [-0.1, -0.05) is 62.8 Å². The van der Waals surface area contributed by atoms with Crippen molar-refractivity contribution in [2.24, 2.45) is 0 Å². The summed E-state index contributed by atoms with van der Waals surface area (Å²) in [6.07, 6.45) is 13.5. The zero-order valence-corrected chi connectivity index (χ0v) is 25.7. The van der Waals surface area contributed by atoms with E-state index in [0.717, 1.165) is 61.7 Å². The number of carbonyl (C=O) groups is 1. The van der Waals surface area contributed by atoms with Gasteiger partial charge >= 0.3 is 0 Å². The third-order valence-corrected chi connectivity index (χ3v) is 9.25. The third kappa shape index (κ3) is 11.9. The highest BCUT2D eigenvalue weighted by molar-refractivity contribution is 7.89. The van der Waals surface area contributed by atoms with Gasteiger partial charge in [0, 0.05) is 63.0 Å². The number of nitrogens with zero attached hydrogens (tertiary/aromatic N) is 2. The van der Waals surface area contributed by atoms with Crippen molar-refractivity contribution in [3.63, 3.8) is 0 Å². The van der Waals surface area contributed by atoms with Crippen molar-refractivity contribution in [3.05, 3.63) is 36.4 Å². The summed E-state index contributed by atoms with van der Waals surface area (Å²) in [6.45, 7) is 6.53. The summed E-state index contributed by atoms with van der Waals surface area (Å²) >= 11 is 0. The predicted molar refractivity (Wildman–Crippen MR) is 168 cm³/mol. The van der Waals surface area contributed by atoms with Crippen LogP contribution in [0, 0.1) is 0 Å². The Kier molecular flexibility index (Phi) is 14.4. The van der Waals surface area contributed by atoms with E-state index in [1.54, 1.807) is 12.1 Å². The van der Waals surface area contributed by atoms with Gasteiger partial charge < -0.3 is 15.1 Å². The van der Waals surface area contributed by atoms with Crippen molar-refractivity contribution >= 4 is 32.3 Å². The van der Waals surface area contributed by atoms with Crippen LogP contribution in [0.5, 0.6) is 0 Å². The number of sulfonamides is 1. The molecule has 2 aromatic rings. The van der Waals surface area contributed by atoms with Crippen LogP contribution in [0.25, 0.3) is 10.8 Å². The summed E-state index contributed by atoms with van der Waals surface area (Å²) in [7, 11) is 0.307. The number of carbonyl (C=O) groups excluding carboxylic acids is 1. The Morgan fingerprint density at radius 3 is 2.02 bits per heavy atom. The summed E-state index contributed by atoms with van der Waals surface area (Å²) in [5.74, 6) is 0.345. The first-order valence-corrected chi connectivity index (χ1v) is 17.0. The molecule has 1 heterocycles. The van der Waals surface area contributed by atoms with Gasteiger partial charge in [0.1, 0.15) is 5.78 Å². The first-order chi connectivity index (χ1) is 19.4. The molecule has 0 radical (unpaired) electrons. The molecule has 2 N–H and O–H groups in total. The zero-order valence-electron chi connectivity index (χ0n) is 24.9. The lowest BCUT2D eigenvalue weighted by atomic mass is 10.0. The van der Waals surface area contributed by atoms with E-state index in [1.165, 1.54) is 58.2 Å². The number of unbranched alkanes of at least 4 members (excludes halogenated alkanes) is 8. The lowest BCUT2D eigenvalue weighted by molar-refractivity contribution is -0.119. The van der Waals surface area contributed by atoms with Gasteiger partial charge in [0.2, 0.25) is 10.0 Å². The monoisotopic (exact) mass is 572 g/mol. The fourth-order valence-electron chi connectivity index (χ4n) is 5.23. The van der Waals surface area contributed by atoms with E-state index in [-0.39, 0.29) is 0 Å². The molecule has 224 valence electrons. The molecule has 1 aliphatic rings. The van der Waals surface area contributed by atoms with Crippen LogP contribution in [-0.4, -0.2) is 72.5 Å². The molecule has 1 fully saturated rings. The summed E-state index contributed by atoms with van der Waals surface area (Å²) in [4.78, 5) is 17.0. The van der Waals surface area contributed by atoms with Crippen LogP contribution in [0.1, 0.15) is 83.5 Å². The lowest BCUT2D eigenvalue weighted by Crippen LogP contribution is -2.25. The molecule has 0 aromatic heterocycles. The maximum atomic E-state index is 13.0. The van der Waals surface area contributed by atoms with Gasteiger partial charge in [-0.3, -0.25) is 4.79 Å². The fraction of sp³-hybridized carbons (Fsp3) is 0.656. The maximum Gasteiger partial charge on any atom is 0.241 e. The second kappa shape index (κ2) is 17.7. The second-order valence-electron chi connectivity index (χ2n) is 11.4. The fourth-order valence-corrected chi connectivity index (χ4v) is 6.52. The van der Waals surface area contributed by atoms with Crippen LogP contribution >= 0.6 is 0 Å². The average molecular weight is 573 g/mol. The Morgan fingerprint density at radius 1 is 0.750 bits per heavy atom. The molecule has 7 nitrogen and oxygen atoms in total. The standard InChI is InChI=1S/C32H52N4O3S/c1-35(2)31-20-13-19-30-29(31)18-14-21-32(30)40(38,39)34-24-12-8-10-17-28(37)16-9-6-4-3-5-7-11-22-33-23-15-25-36-26-27-36/h13-14,18-21,33-34H,3-12,15-17,22-27H2,1-2H3. The summed E-state index contributed by atoms with van der Waals surface area (Å²) in [5, 5.41) is 5.20. The minimum atomic E-state index is -3.60. The molecule has 1 aliphatic heterocycles. The minimum absolute atomic E-state index is 0.314. The molecule has 1 saturated heterocycles. The number of fused-ring (bicyclic) bond motifs is 1. The quantitative estimate of drug-likeness (QED) is 0.131. The molecule has 0 bridgehead atoms. The van der Waals surface area contributed by atoms with Crippen molar-refractivity contribution < 1.29 is 13.2 Å². The van der Waals surface area contributed by atoms with Gasteiger partial charge in [-0.05, 0) is 63.9 Å². The van der Waals surface area contributed by atoms with Crippen LogP contribution in [-0.2, 0) is 14.8 Å². The number of benzene rings is 2. The Morgan fingerprint density at radius 2 is 1.32 bits per heavy atom. The number of rotatable bonds is 23. The van der Waals surface area contributed by atoms with E-state index in [9.17, 15) is 13.2 Å². The third-order valence-electron chi connectivity index (χ3n) is 7.73. The van der Waals surface area contributed by atoms with E-state index < -0.39 is 10.0 Å². The van der Waals surface area contributed by atoms with E-state index >= 15 is 0 Å². The zero-order chi connectivity index (χ0) is 28.6. The van der Waals surface area contributed by atoms with Gasteiger partial charge in [-0.2, -0.15) is 0 Å². The van der Waals surface area contributed by atoms with Crippen LogP contribution in [0.2, 0.25) is 0 Å². The molecule has 0 spiro atoms. The second-order valence-corrected chi connectivity index (χ2v) is 13.2. The maximum absolute atomic E-state index is 13.0. The van der Waals surface area contributed by atoms with Gasteiger partial charge in [0.25, 0.3) is 0 Å². The van der Waals surface area contributed by atoms with Gasteiger partial charge in [0.05, 0.1) is 4.90 Å². The van der Waals surface area contributed by atoms with Crippen molar-refractivity contribution in [1.82, 2.24) is 14.9 Å². The van der Waals surface area contributed by atoms with Crippen molar-refractivity contribution in [2.75, 3.05) is 58.3 Å². The summed E-state index contributed by atoms with van der Waals surface area (Å²) < 4.78 is 28.8. The average Bonchev–Trinajstić information content (AvgIpc) is 3.77. The number of hydrogen-bond acceptors (Lipinski definition) is 6. The summed E-state index contributed by atoms with van der Waals surface area (Å²) in [6, 6.07) is 11.2. The SMILES string of the molecule is CN(C)c1cccc2c(S(=O)(=O)NCCCCCC(=O)CCCCCCCCCNCCCN3CC3)cccc12. The topological polar surface area (TPSA) is 81.5 Å². The summed E-state index contributed by atoms with van der Waals surface area (Å²) in [5.41, 5.74) is 0.992. The number of anilines is 1. The van der Waals surface area contributed by atoms with E-state index in [4.69, 9.17) is 0 Å². The van der Waals surface area contributed by atoms with Gasteiger partial charge in [0.15, 0.2) is 0 Å². The Hall–Kier alpha value is -2.00. The highest BCUT2D eigenvalue weighted by Crippen LogP contribution is 2.30. The Labute approximate surface area is 243 Å². The number of hydrogen-bond donors (Lipinski definition) is 2. The number of Topliss-reactive ketones (excluding diaryl/α,β-unsaturated/α-hetero) is 1. The predicted octanol–water partition coefficient (Wildman–Crippen LogP) is 5.73. The smallest absolute Gasteiger partial charge is 0.241 e. The molecule has 8 heteroatoms. The Bertz CT molecular complexity index is 1130. The molecule has 0 aliphatic carbocycles. The first-order valence-electron chi connectivity index (χ1n) is 15.5. The molecule has 0 unspecified atom stereocenters. The molecular weight excluding hydrogens is 520 g/mol. The Balaban J connectivity index is 1.17. The molecule has 0 atom stereocenters. The molecule has 3 rings (SSSR count). The molecule has 0 amide bonds. The first kappa shape index (κ1) is 32.5. The van der Waals surface area contributed by atoms with Crippen molar-refractivity contribution in [2.45, 2.75) is 88.4 Å². The van der Waals surface area contributed by atoms with E-state index in [1.807, 2.05) is 43.3 Å². The van der Waals surface area contributed by atoms with Crippen LogP contribution in [0.15, 0.2) is 41.3 Å². The van der Waals surface area contributed by atoms with E-state index in [0.29, 0.717) is 30.1 Å². The molecular formula is C32H52N4O3S. The van der Waals surface area contributed by atoms with Crippen LogP contribution in [0.3, 0.4) is 0 Å². The molecule has 40 heavy (non-hydrogen) atoms. The highest BCUT2D eigenvalue weighted by atomic mass is 32.2. The number of ketones is 1. The normalized spacial score (nSPS) is 13.7. The van der Waals surface area contributed by atoms with Gasteiger partial charge in [-0.25, -0.2) is 13.1 Å². The minimum Gasteiger partial charge on any atom is -0.377 e. The van der Waals surface area contributed by atoms with Gasteiger partial charge in [-0.15, -0.1) is 0 Å². The van der Waals surface area contributed by atoms with E-state index in [2.05, 4.69) is 14.9 Å². The number of nitrogens with one attached hydrogen (secondary N) is 2. The molecule has 0 saturated carbocycles. The van der Waals surface area contributed by atoms with Crippen LogP contribution < -0.4 is 14.9 Å².